The summed E-state index contributed by atoms with van der Waals surface area (Å²) in [6, 6.07) is 28.9. The zero-order valence-electron chi connectivity index (χ0n) is 17.9. The molecule has 0 aliphatic heterocycles. The highest BCUT2D eigenvalue weighted by atomic mass is 28.4. The van der Waals surface area contributed by atoms with Crippen molar-refractivity contribution >= 4 is 24.4 Å². The second-order valence-corrected chi connectivity index (χ2v) is 12.6. The molecule has 0 aromatic heterocycles. The van der Waals surface area contributed by atoms with E-state index < -0.39 is 8.32 Å². The Morgan fingerprint density at radius 3 is 1.80 bits per heavy atom. The first-order valence-electron chi connectivity index (χ1n) is 10.1. The zero-order chi connectivity index (χ0) is 21.6. The summed E-state index contributed by atoms with van der Waals surface area (Å²) in [5.41, 5.74) is 1.44. The summed E-state index contributed by atoms with van der Waals surface area (Å²) in [6.45, 7) is 10.5. The Labute approximate surface area is 180 Å². The predicted molar refractivity (Wildman–Crippen MR) is 128 cm³/mol. The fourth-order valence-corrected chi connectivity index (χ4v) is 8.32. The van der Waals surface area contributed by atoms with E-state index in [4.69, 9.17) is 4.43 Å². The third-order valence-electron chi connectivity index (χ3n) is 5.33. The normalized spacial score (nSPS) is 12.4. The molecule has 0 bridgehead atoms. The van der Waals surface area contributed by atoms with Crippen molar-refractivity contribution in [1.82, 2.24) is 0 Å². The van der Waals surface area contributed by atoms with E-state index in [2.05, 4.69) is 81.0 Å². The first-order valence-corrected chi connectivity index (χ1v) is 12.1. The van der Waals surface area contributed by atoms with Crippen LogP contribution in [-0.2, 0) is 0 Å². The quantitative estimate of drug-likeness (QED) is 0.185. The number of hydrogen-bond donors (Lipinski definition) is 1. The van der Waals surface area contributed by atoms with Crippen molar-refractivity contribution in [3.05, 3.63) is 103 Å². The summed E-state index contributed by atoms with van der Waals surface area (Å²) in [4.78, 5) is 0. The maximum Gasteiger partial charge on any atom is 0.319 e. The molecule has 3 aromatic carbocycles. The van der Waals surface area contributed by atoms with Crippen molar-refractivity contribution in [3.63, 3.8) is 0 Å². The molecule has 0 amide bonds. The Kier molecular flexibility index (Phi) is 6.58. The van der Waals surface area contributed by atoms with E-state index >= 15 is 0 Å². The van der Waals surface area contributed by atoms with E-state index in [0.29, 0.717) is 12.1 Å². The van der Waals surface area contributed by atoms with Gasteiger partial charge in [0.2, 0.25) is 0 Å². The largest absolute Gasteiger partial charge is 0.534 e. The van der Waals surface area contributed by atoms with Crippen LogP contribution in [0.4, 0.5) is 0 Å². The Morgan fingerprint density at radius 2 is 1.40 bits per heavy atom. The lowest BCUT2D eigenvalue weighted by Crippen LogP contribution is -2.68. The van der Waals surface area contributed by atoms with Crippen molar-refractivity contribution in [2.45, 2.75) is 32.2 Å². The van der Waals surface area contributed by atoms with Gasteiger partial charge in [0, 0.05) is 6.42 Å². The van der Waals surface area contributed by atoms with Crippen LogP contribution >= 0.6 is 0 Å². The second-order valence-electron chi connectivity index (χ2n) is 8.33. The lowest BCUT2D eigenvalue weighted by atomic mass is 10.1. The Balaban J connectivity index is 2.11. The lowest BCUT2D eigenvalue weighted by Gasteiger charge is -2.43. The molecule has 0 fully saturated rings. The summed E-state index contributed by atoms with van der Waals surface area (Å²) in [7, 11) is -2.65. The minimum Gasteiger partial charge on any atom is -0.534 e. The molecule has 0 aliphatic carbocycles. The summed E-state index contributed by atoms with van der Waals surface area (Å²) in [5.74, 6) is 0.809. The van der Waals surface area contributed by atoms with Gasteiger partial charge in [0.25, 0.3) is 0 Å². The SMILES string of the molecule is C=CC/C(=N/O)c1ccc(O[Si](c2ccccc2)(c2ccccc2)C(C)(C)C)cc1. The Bertz CT molecular complexity index is 951. The van der Waals surface area contributed by atoms with Crippen molar-refractivity contribution in [2.75, 3.05) is 0 Å². The van der Waals surface area contributed by atoms with Crippen molar-refractivity contribution < 1.29 is 9.63 Å². The van der Waals surface area contributed by atoms with Gasteiger partial charge in [-0.25, -0.2) is 0 Å². The van der Waals surface area contributed by atoms with Gasteiger partial charge in [0.1, 0.15) is 5.75 Å². The summed E-state index contributed by atoms with van der Waals surface area (Å²) in [5, 5.41) is 15.1. The standard InChI is InChI=1S/C26H29NO2Si/c1-5-12-25(27-28)21-17-19-22(20-18-21)29-30(26(2,3)4,23-13-8-6-9-14-23)24-15-10-7-11-16-24/h5-11,13-20,28H,1,12H2,2-4H3/b27-25-. The first-order chi connectivity index (χ1) is 14.4. The van der Waals surface area contributed by atoms with Crippen LogP contribution in [0.3, 0.4) is 0 Å². The van der Waals surface area contributed by atoms with Crippen LogP contribution < -0.4 is 14.8 Å². The highest BCUT2D eigenvalue weighted by Gasteiger charge is 2.52. The van der Waals surface area contributed by atoms with Crippen LogP contribution in [0, 0.1) is 0 Å². The van der Waals surface area contributed by atoms with E-state index in [1.807, 2.05) is 36.4 Å². The average Bonchev–Trinajstić information content (AvgIpc) is 2.77. The van der Waals surface area contributed by atoms with Crippen molar-refractivity contribution in [3.8, 4) is 5.75 Å². The van der Waals surface area contributed by atoms with Crippen LogP contribution in [-0.4, -0.2) is 19.2 Å². The monoisotopic (exact) mass is 415 g/mol. The van der Waals surface area contributed by atoms with Gasteiger partial charge in [-0.15, -0.1) is 6.58 Å². The number of allylic oxidation sites excluding steroid dienone is 1. The highest BCUT2D eigenvalue weighted by Crippen LogP contribution is 2.37. The zero-order valence-corrected chi connectivity index (χ0v) is 18.9. The number of nitrogens with zero attached hydrogens (tertiary/aromatic N) is 1. The van der Waals surface area contributed by atoms with Crippen LogP contribution in [0.5, 0.6) is 5.75 Å². The minimum absolute atomic E-state index is 0.102. The summed E-state index contributed by atoms with van der Waals surface area (Å²) < 4.78 is 6.98. The summed E-state index contributed by atoms with van der Waals surface area (Å²) in [6.07, 6.45) is 2.23. The second kappa shape index (κ2) is 9.14. The molecule has 0 saturated heterocycles. The van der Waals surface area contributed by atoms with E-state index in [1.165, 1.54) is 10.4 Å². The van der Waals surface area contributed by atoms with Gasteiger partial charge in [-0.3, -0.25) is 0 Å². The fraction of sp³-hybridized carbons (Fsp3) is 0.192. The molecule has 4 heteroatoms. The van der Waals surface area contributed by atoms with Gasteiger partial charge in [-0.1, -0.05) is 92.7 Å². The Morgan fingerprint density at radius 1 is 0.900 bits per heavy atom. The molecule has 3 rings (SSSR count). The van der Waals surface area contributed by atoms with Crippen LogP contribution in [0.1, 0.15) is 32.8 Å². The maximum absolute atomic E-state index is 9.29. The smallest absolute Gasteiger partial charge is 0.319 e. The molecule has 0 unspecified atom stereocenters. The minimum atomic E-state index is -2.65. The van der Waals surface area contributed by atoms with Gasteiger partial charge >= 0.3 is 8.32 Å². The van der Waals surface area contributed by atoms with E-state index in [1.54, 1.807) is 6.08 Å². The molecular formula is C26H29NO2Si. The molecule has 0 heterocycles. The summed E-state index contributed by atoms with van der Waals surface area (Å²) >= 11 is 0. The van der Waals surface area contributed by atoms with E-state index in [9.17, 15) is 5.21 Å². The van der Waals surface area contributed by atoms with Gasteiger partial charge in [0.05, 0.1) is 5.71 Å². The average molecular weight is 416 g/mol. The molecule has 0 spiro atoms. The molecule has 1 N–H and O–H groups in total. The van der Waals surface area contributed by atoms with E-state index in [0.717, 1.165) is 11.3 Å². The van der Waals surface area contributed by atoms with E-state index in [-0.39, 0.29) is 5.04 Å². The molecule has 30 heavy (non-hydrogen) atoms. The predicted octanol–water partition coefficient (Wildman–Crippen LogP) is 5.38. The van der Waals surface area contributed by atoms with Crippen molar-refractivity contribution in [2.24, 2.45) is 5.16 Å². The fourth-order valence-electron chi connectivity index (χ4n) is 3.89. The third kappa shape index (κ3) is 4.24. The van der Waals surface area contributed by atoms with Crippen LogP contribution in [0.25, 0.3) is 0 Å². The number of benzene rings is 3. The lowest BCUT2D eigenvalue weighted by molar-refractivity contribution is 0.318. The molecule has 0 atom stereocenters. The van der Waals surface area contributed by atoms with Crippen LogP contribution in [0.15, 0.2) is 103 Å². The Hall–Kier alpha value is -3.11. The third-order valence-corrected chi connectivity index (χ3v) is 10.3. The first kappa shape index (κ1) is 21.6. The molecule has 0 radical (unpaired) electrons. The van der Waals surface area contributed by atoms with Crippen LogP contribution in [0.2, 0.25) is 5.04 Å². The molecule has 154 valence electrons. The molecule has 3 nitrogen and oxygen atoms in total. The molecular weight excluding hydrogens is 386 g/mol. The number of hydrogen-bond acceptors (Lipinski definition) is 3. The van der Waals surface area contributed by atoms with Crippen molar-refractivity contribution in [1.29, 1.82) is 0 Å². The molecule has 0 aliphatic rings. The topological polar surface area (TPSA) is 41.8 Å². The molecule has 3 aromatic rings. The molecule has 0 saturated carbocycles. The van der Waals surface area contributed by atoms with Gasteiger partial charge in [-0.2, -0.15) is 0 Å². The van der Waals surface area contributed by atoms with Gasteiger partial charge in [-0.05, 0) is 45.2 Å². The van der Waals surface area contributed by atoms with Gasteiger partial charge in [0.15, 0.2) is 0 Å². The highest BCUT2D eigenvalue weighted by molar-refractivity contribution is 7.00. The maximum atomic E-state index is 9.29. The number of oxime groups is 1. The number of rotatable bonds is 7. The van der Waals surface area contributed by atoms with Gasteiger partial charge < -0.3 is 9.63 Å².